The molecule has 0 unspecified atom stereocenters. The van der Waals surface area contributed by atoms with Gasteiger partial charge in [0.25, 0.3) is 0 Å². The number of benzene rings is 2. The molecule has 0 saturated carbocycles. The van der Waals surface area contributed by atoms with E-state index in [1.807, 2.05) is 19.9 Å². The Hall–Kier alpha value is -2.10. The fourth-order valence-corrected chi connectivity index (χ4v) is 1.96. The average molecular weight is 278 g/mol. The number of carbonyl (C=O) groups is 1. The van der Waals surface area contributed by atoms with E-state index >= 15 is 0 Å². The van der Waals surface area contributed by atoms with E-state index in [0.717, 1.165) is 23.3 Å². The maximum absolute atomic E-state index is 12.5. The lowest BCUT2D eigenvalue weighted by molar-refractivity contribution is -0.137. The second kappa shape index (κ2) is 5.12. The zero-order valence-electron chi connectivity index (χ0n) is 11.1. The van der Waals surface area contributed by atoms with Crippen LogP contribution < -0.4 is 0 Å². The van der Waals surface area contributed by atoms with Gasteiger partial charge in [-0.3, -0.25) is 4.79 Å². The zero-order chi connectivity index (χ0) is 14.9. The predicted octanol–water partition coefficient (Wildman–Crippen LogP) is 4.55. The number of hydrogen-bond donors (Lipinski definition) is 0. The summed E-state index contributed by atoms with van der Waals surface area (Å²) in [6, 6.07) is 9.62. The van der Waals surface area contributed by atoms with E-state index < -0.39 is 11.7 Å². The summed E-state index contributed by atoms with van der Waals surface area (Å²) in [7, 11) is 0. The van der Waals surface area contributed by atoms with Gasteiger partial charge in [0.2, 0.25) is 0 Å². The molecule has 0 N–H and O–H groups in total. The Morgan fingerprint density at radius 2 is 1.55 bits per heavy atom. The van der Waals surface area contributed by atoms with Gasteiger partial charge in [-0.15, -0.1) is 0 Å². The van der Waals surface area contributed by atoms with Crippen molar-refractivity contribution in [1.29, 1.82) is 0 Å². The summed E-state index contributed by atoms with van der Waals surface area (Å²) in [4.78, 5) is 12.3. The average Bonchev–Trinajstić information content (AvgIpc) is 2.40. The number of hydrogen-bond acceptors (Lipinski definition) is 1. The van der Waals surface area contributed by atoms with E-state index in [1.54, 1.807) is 12.1 Å². The van der Waals surface area contributed by atoms with Crippen molar-refractivity contribution in [3.05, 3.63) is 70.3 Å². The van der Waals surface area contributed by atoms with Crippen molar-refractivity contribution in [3.8, 4) is 0 Å². The summed E-state index contributed by atoms with van der Waals surface area (Å²) in [5, 5.41) is 0. The second-order valence-electron chi connectivity index (χ2n) is 4.65. The minimum atomic E-state index is -4.39. The summed E-state index contributed by atoms with van der Waals surface area (Å²) < 4.78 is 37.4. The molecule has 0 amide bonds. The van der Waals surface area contributed by atoms with E-state index in [0.29, 0.717) is 5.56 Å². The Bertz CT molecular complexity index is 640. The van der Waals surface area contributed by atoms with Gasteiger partial charge in [0.05, 0.1) is 5.56 Å². The molecule has 0 aliphatic heterocycles. The van der Waals surface area contributed by atoms with Crippen LogP contribution in [0.1, 0.15) is 32.6 Å². The van der Waals surface area contributed by atoms with Crippen molar-refractivity contribution in [3.63, 3.8) is 0 Å². The molecule has 0 atom stereocenters. The van der Waals surface area contributed by atoms with Gasteiger partial charge >= 0.3 is 6.18 Å². The number of alkyl halides is 3. The van der Waals surface area contributed by atoms with Gasteiger partial charge in [0.15, 0.2) is 5.78 Å². The third-order valence-corrected chi connectivity index (χ3v) is 3.32. The Labute approximate surface area is 115 Å². The van der Waals surface area contributed by atoms with Gasteiger partial charge < -0.3 is 0 Å². The van der Waals surface area contributed by atoms with Crippen molar-refractivity contribution >= 4 is 5.78 Å². The molecular formula is C16H13F3O. The molecule has 0 spiro atoms. The summed E-state index contributed by atoms with van der Waals surface area (Å²) in [6.07, 6.45) is -4.39. The highest BCUT2D eigenvalue weighted by atomic mass is 19.4. The van der Waals surface area contributed by atoms with Crippen molar-refractivity contribution in [2.24, 2.45) is 0 Å². The van der Waals surface area contributed by atoms with Gasteiger partial charge in [-0.05, 0) is 37.1 Å². The molecule has 2 aromatic carbocycles. The molecule has 0 aliphatic rings. The molecule has 20 heavy (non-hydrogen) atoms. The molecule has 0 aromatic heterocycles. The number of halogens is 3. The summed E-state index contributed by atoms with van der Waals surface area (Å²) in [6.45, 7) is 3.71. The van der Waals surface area contributed by atoms with Crippen molar-refractivity contribution in [2.75, 3.05) is 0 Å². The van der Waals surface area contributed by atoms with Crippen LogP contribution in [0.2, 0.25) is 0 Å². The monoisotopic (exact) mass is 278 g/mol. The van der Waals surface area contributed by atoms with Gasteiger partial charge in [0.1, 0.15) is 0 Å². The molecular weight excluding hydrogens is 265 g/mol. The summed E-state index contributed by atoms with van der Waals surface area (Å²) in [5.74, 6) is -0.264. The molecule has 0 heterocycles. The largest absolute Gasteiger partial charge is 0.416 e. The first-order valence-electron chi connectivity index (χ1n) is 6.09. The van der Waals surface area contributed by atoms with Crippen LogP contribution in [0.15, 0.2) is 42.5 Å². The fraction of sp³-hybridized carbons (Fsp3) is 0.188. The molecule has 0 fully saturated rings. The molecule has 0 aliphatic carbocycles. The molecule has 0 bridgehead atoms. The summed E-state index contributed by atoms with van der Waals surface area (Å²) >= 11 is 0. The lowest BCUT2D eigenvalue weighted by atomic mass is 9.96. The zero-order valence-corrected chi connectivity index (χ0v) is 11.1. The molecule has 2 aromatic rings. The topological polar surface area (TPSA) is 17.1 Å². The van der Waals surface area contributed by atoms with Gasteiger partial charge in [0, 0.05) is 11.1 Å². The molecule has 0 radical (unpaired) electrons. The highest BCUT2D eigenvalue weighted by molar-refractivity contribution is 6.10. The Kier molecular flexibility index (Phi) is 3.66. The second-order valence-corrected chi connectivity index (χ2v) is 4.65. The van der Waals surface area contributed by atoms with Crippen LogP contribution in [0.25, 0.3) is 0 Å². The minimum absolute atomic E-state index is 0.256. The molecule has 2 rings (SSSR count). The Morgan fingerprint density at radius 3 is 2.10 bits per heavy atom. The predicted molar refractivity (Wildman–Crippen MR) is 70.8 cm³/mol. The van der Waals surface area contributed by atoms with Crippen molar-refractivity contribution in [2.45, 2.75) is 20.0 Å². The first-order valence-corrected chi connectivity index (χ1v) is 6.09. The minimum Gasteiger partial charge on any atom is -0.289 e. The van der Waals surface area contributed by atoms with Crippen LogP contribution in [-0.4, -0.2) is 5.78 Å². The number of carbonyl (C=O) groups excluding carboxylic acids is 1. The molecule has 0 saturated heterocycles. The van der Waals surface area contributed by atoms with Crippen LogP contribution in [0, 0.1) is 13.8 Å². The van der Waals surface area contributed by atoms with E-state index in [4.69, 9.17) is 0 Å². The third kappa shape index (κ3) is 2.74. The molecule has 4 heteroatoms. The van der Waals surface area contributed by atoms with Crippen LogP contribution >= 0.6 is 0 Å². The number of rotatable bonds is 2. The quantitative estimate of drug-likeness (QED) is 0.736. The van der Waals surface area contributed by atoms with Gasteiger partial charge in [-0.2, -0.15) is 13.2 Å². The highest BCUT2D eigenvalue weighted by Crippen LogP contribution is 2.29. The van der Waals surface area contributed by atoms with E-state index in [9.17, 15) is 18.0 Å². The van der Waals surface area contributed by atoms with Gasteiger partial charge in [-0.25, -0.2) is 0 Å². The number of ketones is 1. The van der Waals surface area contributed by atoms with Gasteiger partial charge in [-0.1, -0.05) is 30.3 Å². The highest BCUT2D eigenvalue weighted by Gasteiger charge is 2.30. The Balaban J connectivity index is 2.37. The van der Waals surface area contributed by atoms with Crippen LogP contribution in [-0.2, 0) is 6.18 Å². The lowest BCUT2D eigenvalue weighted by Gasteiger charge is -2.09. The first-order chi connectivity index (χ1) is 9.30. The van der Waals surface area contributed by atoms with Crippen LogP contribution in [0.3, 0.4) is 0 Å². The maximum atomic E-state index is 12.5. The molecule has 1 nitrogen and oxygen atoms in total. The molecule has 104 valence electrons. The smallest absolute Gasteiger partial charge is 0.289 e. The van der Waals surface area contributed by atoms with E-state index in [2.05, 4.69) is 0 Å². The van der Waals surface area contributed by atoms with Crippen LogP contribution in [0.5, 0.6) is 0 Å². The van der Waals surface area contributed by atoms with Crippen molar-refractivity contribution in [1.82, 2.24) is 0 Å². The first kappa shape index (κ1) is 14.3. The van der Waals surface area contributed by atoms with Crippen LogP contribution in [0.4, 0.5) is 13.2 Å². The van der Waals surface area contributed by atoms with E-state index in [-0.39, 0.29) is 11.3 Å². The SMILES string of the molecule is Cc1cccc(C(=O)c2ccc(C(F)(F)F)cc2)c1C. The van der Waals surface area contributed by atoms with E-state index in [1.165, 1.54) is 12.1 Å². The number of aryl methyl sites for hydroxylation is 1. The summed E-state index contributed by atoms with van der Waals surface area (Å²) in [5.41, 5.74) is 1.84. The maximum Gasteiger partial charge on any atom is 0.416 e. The lowest BCUT2D eigenvalue weighted by Crippen LogP contribution is -2.07. The standard InChI is InChI=1S/C16H13F3O/c1-10-4-3-5-14(11(10)2)15(20)12-6-8-13(9-7-12)16(17,18)19/h3-9H,1-2H3. The fourth-order valence-electron chi connectivity index (χ4n) is 1.96. The third-order valence-electron chi connectivity index (χ3n) is 3.32. The normalized spacial score (nSPS) is 11.4. The van der Waals surface area contributed by atoms with Crippen molar-refractivity contribution < 1.29 is 18.0 Å². The Morgan fingerprint density at radius 1 is 0.950 bits per heavy atom.